The summed E-state index contributed by atoms with van der Waals surface area (Å²) >= 11 is 0. The molecular formula is C17H21N3O2. The summed E-state index contributed by atoms with van der Waals surface area (Å²) < 4.78 is 5.32. The molecule has 1 fully saturated rings. The Morgan fingerprint density at radius 1 is 1.23 bits per heavy atom. The predicted molar refractivity (Wildman–Crippen MR) is 87.2 cm³/mol. The zero-order chi connectivity index (χ0) is 15.5. The molecule has 1 aromatic heterocycles. The van der Waals surface area contributed by atoms with Crippen molar-refractivity contribution in [3.05, 3.63) is 46.4 Å². The lowest BCUT2D eigenvalue weighted by Crippen LogP contribution is -2.23. The van der Waals surface area contributed by atoms with Gasteiger partial charge in [-0.15, -0.1) is 0 Å². The molecule has 0 aliphatic carbocycles. The van der Waals surface area contributed by atoms with Crippen molar-refractivity contribution in [2.24, 2.45) is 0 Å². The lowest BCUT2D eigenvalue weighted by atomic mass is 10.0. The third-order valence-electron chi connectivity index (χ3n) is 4.31. The molecular weight excluding hydrogens is 278 g/mol. The van der Waals surface area contributed by atoms with Crippen molar-refractivity contribution in [2.75, 3.05) is 25.1 Å². The topological polar surface area (TPSA) is 58.2 Å². The highest BCUT2D eigenvalue weighted by molar-refractivity contribution is 5.77. The number of aromatic nitrogens is 2. The number of aromatic amines is 1. The first kappa shape index (κ1) is 14.8. The molecule has 2 heterocycles. The average molecular weight is 299 g/mol. The first-order valence-electron chi connectivity index (χ1n) is 7.66. The molecule has 0 saturated carbocycles. The molecule has 1 aromatic carbocycles. The smallest absolute Gasteiger partial charge is 0.274 e. The van der Waals surface area contributed by atoms with Gasteiger partial charge in [-0.25, -0.2) is 5.10 Å². The van der Waals surface area contributed by atoms with E-state index in [1.807, 2.05) is 31.2 Å². The van der Waals surface area contributed by atoms with Crippen molar-refractivity contribution >= 4 is 5.69 Å². The minimum absolute atomic E-state index is 0.0443. The Labute approximate surface area is 129 Å². The molecule has 1 aliphatic heterocycles. The van der Waals surface area contributed by atoms with Crippen molar-refractivity contribution in [1.29, 1.82) is 0 Å². The largest absolute Gasteiger partial charge is 0.377 e. The third kappa shape index (κ3) is 2.76. The number of H-pyrrole nitrogens is 1. The second-order valence-corrected chi connectivity index (χ2v) is 5.65. The van der Waals surface area contributed by atoms with E-state index in [4.69, 9.17) is 4.74 Å². The van der Waals surface area contributed by atoms with Crippen LogP contribution in [0.5, 0.6) is 0 Å². The summed E-state index contributed by atoms with van der Waals surface area (Å²) in [7, 11) is 1.69. The van der Waals surface area contributed by atoms with Gasteiger partial charge in [0.1, 0.15) is 0 Å². The van der Waals surface area contributed by atoms with Crippen LogP contribution in [-0.4, -0.2) is 30.4 Å². The van der Waals surface area contributed by atoms with E-state index in [9.17, 15) is 4.79 Å². The number of hydrogen-bond acceptors (Lipinski definition) is 4. The Kier molecular flexibility index (Phi) is 4.24. The molecule has 0 spiro atoms. The van der Waals surface area contributed by atoms with Gasteiger partial charge < -0.3 is 9.64 Å². The van der Waals surface area contributed by atoms with Gasteiger partial charge in [-0.05, 0) is 30.9 Å². The summed E-state index contributed by atoms with van der Waals surface area (Å²) in [5.41, 5.74) is 3.50. The number of nitrogens with one attached hydrogen (secondary N) is 1. The highest BCUT2D eigenvalue weighted by Gasteiger charge is 2.19. The molecule has 22 heavy (non-hydrogen) atoms. The van der Waals surface area contributed by atoms with Crippen LogP contribution < -0.4 is 10.5 Å². The van der Waals surface area contributed by atoms with E-state index < -0.39 is 0 Å². The summed E-state index contributed by atoms with van der Waals surface area (Å²) in [6, 6.07) is 7.98. The molecule has 3 rings (SSSR count). The van der Waals surface area contributed by atoms with Crippen LogP contribution in [0.4, 0.5) is 5.69 Å². The average Bonchev–Trinajstić information content (AvgIpc) is 3.08. The van der Waals surface area contributed by atoms with E-state index in [0.717, 1.165) is 42.7 Å². The molecule has 1 atom stereocenters. The number of nitrogens with zero attached hydrogens (tertiary/aromatic N) is 2. The minimum atomic E-state index is -0.142. The maximum absolute atomic E-state index is 12.3. The number of rotatable bonds is 4. The fraction of sp³-hybridized carbons (Fsp3) is 0.412. The first-order chi connectivity index (χ1) is 10.7. The van der Waals surface area contributed by atoms with Gasteiger partial charge in [0.2, 0.25) is 0 Å². The number of methoxy groups -OCH3 is 1. The van der Waals surface area contributed by atoms with Crippen LogP contribution in [0.25, 0.3) is 11.1 Å². The molecule has 5 heteroatoms. The molecule has 0 amide bonds. The number of anilines is 1. The second-order valence-electron chi connectivity index (χ2n) is 5.65. The van der Waals surface area contributed by atoms with Crippen molar-refractivity contribution in [3.63, 3.8) is 0 Å². The van der Waals surface area contributed by atoms with Gasteiger partial charge in [-0.2, -0.15) is 5.10 Å². The van der Waals surface area contributed by atoms with Crippen LogP contribution in [0.15, 0.2) is 35.3 Å². The fourth-order valence-corrected chi connectivity index (χ4v) is 2.92. The molecule has 116 valence electrons. The van der Waals surface area contributed by atoms with E-state index in [-0.39, 0.29) is 11.7 Å². The second kappa shape index (κ2) is 6.32. The van der Waals surface area contributed by atoms with Gasteiger partial charge in [-0.3, -0.25) is 4.79 Å². The lowest BCUT2D eigenvalue weighted by molar-refractivity contribution is 0.119. The van der Waals surface area contributed by atoms with Gasteiger partial charge in [0.05, 0.1) is 23.6 Å². The van der Waals surface area contributed by atoms with Crippen molar-refractivity contribution in [3.8, 4) is 11.1 Å². The zero-order valence-corrected chi connectivity index (χ0v) is 13.0. The van der Waals surface area contributed by atoms with Crippen LogP contribution in [0.2, 0.25) is 0 Å². The Morgan fingerprint density at radius 3 is 2.55 bits per heavy atom. The van der Waals surface area contributed by atoms with Crippen LogP contribution in [0.3, 0.4) is 0 Å². The van der Waals surface area contributed by atoms with Crippen molar-refractivity contribution in [2.45, 2.75) is 25.9 Å². The SMILES string of the molecule is COC(C)c1ccc(-c2c(N3CCCC3)cn[nH]c2=O)cc1. The zero-order valence-electron chi connectivity index (χ0n) is 13.0. The summed E-state index contributed by atoms with van der Waals surface area (Å²) in [4.78, 5) is 14.5. The third-order valence-corrected chi connectivity index (χ3v) is 4.31. The molecule has 0 radical (unpaired) electrons. The van der Waals surface area contributed by atoms with E-state index in [1.54, 1.807) is 13.3 Å². The summed E-state index contributed by atoms with van der Waals surface area (Å²) in [6.45, 7) is 3.97. The molecule has 0 bridgehead atoms. The number of ether oxygens (including phenoxy) is 1. The van der Waals surface area contributed by atoms with Crippen molar-refractivity contribution < 1.29 is 4.74 Å². The van der Waals surface area contributed by atoms with Crippen molar-refractivity contribution in [1.82, 2.24) is 10.2 Å². The monoisotopic (exact) mass is 299 g/mol. The summed E-state index contributed by atoms with van der Waals surface area (Å²) in [5, 5.41) is 6.53. The van der Waals surface area contributed by atoms with E-state index >= 15 is 0 Å². The Morgan fingerprint density at radius 2 is 1.91 bits per heavy atom. The highest BCUT2D eigenvalue weighted by atomic mass is 16.5. The minimum Gasteiger partial charge on any atom is -0.377 e. The molecule has 1 unspecified atom stereocenters. The summed E-state index contributed by atoms with van der Waals surface area (Å²) in [5.74, 6) is 0. The van der Waals surface area contributed by atoms with E-state index in [0.29, 0.717) is 5.56 Å². The predicted octanol–water partition coefficient (Wildman–Crippen LogP) is 2.74. The maximum atomic E-state index is 12.3. The Hall–Kier alpha value is -2.14. The molecule has 1 saturated heterocycles. The molecule has 1 aliphatic rings. The Balaban J connectivity index is 2.02. The Bertz CT molecular complexity index is 688. The van der Waals surface area contributed by atoms with Crippen LogP contribution in [0.1, 0.15) is 31.4 Å². The first-order valence-corrected chi connectivity index (χ1v) is 7.66. The highest BCUT2D eigenvalue weighted by Crippen LogP contribution is 2.30. The molecule has 5 nitrogen and oxygen atoms in total. The molecule has 2 aromatic rings. The van der Waals surface area contributed by atoms with E-state index in [1.165, 1.54) is 0 Å². The van der Waals surface area contributed by atoms with Gasteiger partial charge in [0, 0.05) is 20.2 Å². The maximum Gasteiger partial charge on any atom is 0.274 e. The van der Waals surface area contributed by atoms with Gasteiger partial charge in [0.15, 0.2) is 0 Å². The van der Waals surface area contributed by atoms with Gasteiger partial charge in [0.25, 0.3) is 5.56 Å². The van der Waals surface area contributed by atoms with E-state index in [2.05, 4.69) is 15.1 Å². The lowest BCUT2D eigenvalue weighted by Gasteiger charge is -2.20. The normalized spacial score (nSPS) is 16.0. The quantitative estimate of drug-likeness (QED) is 0.943. The molecule has 1 N–H and O–H groups in total. The number of hydrogen-bond donors (Lipinski definition) is 1. The van der Waals surface area contributed by atoms with Crippen LogP contribution in [0, 0.1) is 0 Å². The van der Waals surface area contributed by atoms with Crippen LogP contribution >= 0.6 is 0 Å². The number of benzene rings is 1. The summed E-state index contributed by atoms with van der Waals surface area (Å²) in [6.07, 6.45) is 4.13. The standard InChI is InChI=1S/C17H21N3O2/c1-12(22-2)13-5-7-14(8-6-13)16-15(11-18-19-17(16)21)20-9-3-4-10-20/h5-8,11-12H,3-4,9-10H2,1-2H3,(H,19,21). The van der Waals surface area contributed by atoms with Crippen LogP contribution in [-0.2, 0) is 4.74 Å². The van der Waals surface area contributed by atoms with Gasteiger partial charge in [-0.1, -0.05) is 24.3 Å². The fourth-order valence-electron chi connectivity index (χ4n) is 2.92. The van der Waals surface area contributed by atoms with Gasteiger partial charge >= 0.3 is 0 Å².